The van der Waals surface area contributed by atoms with Gasteiger partial charge in [-0.15, -0.1) is 0 Å². The SMILES string of the molecule is Cc1noc(C)c1S(=O)(=O)N(C)CC(=O)Nc1ccccc1I. The topological polar surface area (TPSA) is 92.5 Å². The van der Waals surface area contributed by atoms with Gasteiger partial charge in [0.1, 0.15) is 10.6 Å². The van der Waals surface area contributed by atoms with Crippen molar-refractivity contribution in [1.29, 1.82) is 0 Å². The van der Waals surface area contributed by atoms with Gasteiger partial charge in [0.15, 0.2) is 5.76 Å². The highest BCUT2D eigenvalue weighted by atomic mass is 127. The molecule has 0 aliphatic rings. The maximum Gasteiger partial charge on any atom is 0.248 e. The Morgan fingerprint density at radius 3 is 2.57 bits per heavy atom. The van der Waals surface area contributed by atoms with E-state index in [0.717, 1.165) is 7.88 Å². The van der Waals surface area contributed by atoms with Crippen LogP contribution in [-0.4, -0.2) is 37.4 Å². The quantitative estimate of drug-likeness (QED) is 0.707. The molecular formula is C14H16IN3O4S. The van der Waals surface area contributed by atoms with Crippen LogP contribution < -0.4 is 5.32 Å². The van der Waals surface area contributed by atoms with Gasteiger partial charge in [-0.1, -0.05) is 17.3 Å². The summed E-state index contributed by atoms with van der Waals surface area (Å²) in [6, 6.07) is 7.25. The molecule has 1 N–H and O–H groups in total. The zero-order chi connectivity index (χ0) is 17.2. The van der Waals surface area contributed by atoms with Crippen molar-refractivity contribution < 1.29 is 17.7 Å². The number of anilines is 1. The van der Waals surface area contributed by atoms with Gasteiger partial charge in [0.2, 0.25) is 15.9 Å². The first-order valence-electron chi connectivity index (χ1n) is 6.67. The van der Waals surface area contributed by atoms with Gasteiger partial charge < -0.3 is 9.84 Å². The lowest BCUT2D eigenvalue weighted by molar-refractivity contribution is -0.116. The first-order chi connectivity index (χ1) is 10.7. The first-order valence-corrected chi connectivity index (χ1v) is 9.19. The second-order valence-corrected chi connectivity index (χ2v) is 8.09. The van der Waals surface area contributed by atoms with Crippen LogP contribution in [-0.2, 0) is 14.8 Å². The highest BCUT2D eigenvalue weighted by Crippen LogP contribution is 2.22. The molecule has 0 radical (unpaired) electrons. The van der Waals surface area contributed by atoms with E-state index >= 15 is 0 Å². The number of likely N-dealkylation sites (N-methyl/N-ethyl adjacent to an activating group) is 1. The number of aryl methyl sites for hydroxylation is 2. The van der Waals surface area contributed by atoms with E-state index in [9.17, 15) is 13.2 Å². The minimum Gasteiger partial charge on any atom is -0.360 e. The highest BCUT2D eigenvalue weighted by Gasteiger charge is 2.29. The highest BCUT2D eigenvalue weighted by molar-refractivity contribution is 14.1. The van der Waals surface area contributed by atoms with Crippen molar-refractivity contribution in [3.8, 4) is 0 Å². The van der Waals surface area contributed by atoms with Gasteiger partial charge in [-0.05, 0) is 48.6 Å². The number of carbonyl (C=O) groups excluding carboxylic acids is 1. The van der Waals surface area contributed by atoms with Gasteiger partial charge in [-0.2, -0.15) is 4.31 Å². The third kappa shape index (κ3) is 3.90. The number of para-hydroxylation sites is 1. The van der Waals surface area contributed by atoms with Crippen LogP contribution in [0.3, 0.4) is 0 Å². The van der Waals surface area contributed by atoms with Crippen LogP contribution >= 0.6 is 22.6 Å². The van der Waals surface area contributed by atoms with Crippen LogP contribution in [0.1, 0.15) is 11.5 Å². The van der Waals surface area contributed by atoms with E-state index in [4.69, 9.17) is 4.52 Å². The zero-order valence-corrected chi connectivity index (χ0v) is 15.8. The normalized spacial score (nSPS) is 11.7. The van der Waals surface area contributed by atoms with Crippen LogP contribution in [0.25, 0.3) is 0 Å². The maximum atomic E-state index is 12.5. The number of sulfonamides is 1. The largest absolute Gasteiger partial charge is 0.360 e. The van der Waals surface area contributed by atoms with E-state index in [0.29, 0.717) is 5.69 Å². The van der Waals surface area contributed by atoms with E-state index in [-0.39, 0.29) is 22.9 Å². The number of amides is 1. The summed E-state index contributed by atoms with van der Waals surface area (Å²) < 4.78 is 31.8. The smallest absolute Gasteiger partial charge is 0.248 e. The molecule has 1 amide bonds. The number of benzene rings is 1. The predicted molar refractivity (Wildman–Crippen MR) is 93.6 cm³/mol. The van der Waals surface area contributed by atoms with E-state index in [1.807, 2.05) is 12.1 Å². The third-order valence-corrected chi connectivity index (χ3v) is 6.14. The van der Waals surface area contributed by atoms with Gasteiger partial charge in [0.05, 0.1) is 12.2 Å². The summed E-state index contributed by atoms with van der Waals surface area (Å²) >= 11 is 2.09. The van der Waals surface area contributed by atoms with E-state index in [1.165, 1.54) is 14.0 Å². The fourth-order valence-corrected chi connectivity index (χ4v) is 3.97. The number of halogens is 1. The molecule has 1 aromatic carbocycles. The molecule has 0 unspecified atom stereocenters. The number of rotatable bonds is 5. The van der Waals surface area contributed by atoms with Gasteiger partial charge in [0, 0.05) is 10.6 Å². The molecule has 0 spiro atoms. The van der Waals surface area contributed by atoms with Crippen LogP contribution in [0, 0.1) is 17.4 Å². The first kappa shape index (κ1) is 17.9. The van der Waals surface area contributed by atoms with E-state index < -0.39 is 15.9 Å². The maximum absolute atomic E-state index is 12.5. The second-order valence-electron chi connectivity index (χ2n) is 4.94. The Morgan fingerprint density at radius 2 is 2.00 bits per heavy atom. The molecule has 0 fully saturated rings. The van der Waals surface area contributed by atoms with E-state index in [1.54, 1.807) is 19.1 Å². The van der Waals surface area contributed by atoms with Gasteiger partial charge in [-0.3, -0.25) is 4.79 Å². The molecule has 0 aliphatic carbocycles. The Bertz CT molecular complexity index is 813. The molecule has 0 aliphatic heterocycles. The van der Waals surface area contributed by atoms with Gasteiger partial charge >= 0.3 is 0 Å². The molecule has 2 aromatic rings. The summed E-state index contributed by atoms with van der Waals surface area (Å²) in [5.41, 5.74) is 0.911. The number of carbonyl (C=O) groups is 1. The minimum atomic E-state index is -3.84. The summed E-state index contributed by atoms with van der Waals surface area (Å²) in [6.07, 6.45) is 0. The molecule has 0 saturated carbocycles. The number of nitrogens with zero attached hydrogens (tertiary/aromatic N) is 2. The Kier molecular flexibility index (Phi) is 5.42. The minimum absolute atomic E-state index is 0.00194. The van der Waals surface area contributed by atoms with Gasteiger partial charge in [0.25, 0.3) is 0 Å². The van der Waals surface area contributed by atoms with Crippen molar-refractivity contribution in [3.05, 3.63) is 39.3 Å². The fraction of sp³-hybridized carbons (Fsp3) is 0.286. The molecule has 1 heterocycles. The molecule has 23 heavy (non-hydrogen) atoms. The average Bonchev–Trinajstić information content (AvgIpc) is 2.81. The standard InChI is InChI=1S/C14H16IN3O4S/c1-9-14(10(2)22-17-9)23(20,21)18(3)8-13(19)16-12-7-5-4-6-11(12)15/h4-7H,8H2,1-3H3,(H,16,19). The monoisotopic (exact) mass is 449 g/mol. The third-order valence-electron chi connectivity index (χ3n) is 3.15. The van der Waals surface area contributed by atoms with Crippen molar-refractivity contribution in [2.75, 3.05) is 18.9 Å². The summed E-state index contributed by atoms with van der Waals surface area (Å²) in [7, 11) is -2.50. The molecule has 124 valence electrons. The number of nitrogens with one attached hydrogen (secondary N) is 1. The Hall–Kier alpha value is -1.46. The Balaban J connectivity index is 2.14. The summed E-state index contributed by atoms with van der Waals surface area (Å²) in [5.74, 6) is -0.223. The zero-order valence-electron chi connectivity index (χ0n) is 12.8. The molecule has 0 saturated heterocycles. The molecule has 9 heteroatoms. The lowest BCUT2D eigenvalue weighted by Gasteiger charge is -2.16. The second kappa shape index (κ2) is 6.97. The molecule has 2 rings (SSSR count). The van der Waals surface area contributed by atoms with Crippen molar-refractivity contribution in [2.24, 2.45) is 0 Å². The van der Waals surface area contributed by atoms with Crippen LogP contribution in [0.15, 0.2) is 33.7 Å². The lowest BCUT2D eigenvalue weighted by Crippen LogP contribution is -2.35. The number of aromatic nitrogens is 1. The Morgan fingerprint density at radius 1 is 1.35 bits per heavy atom. The summed E-state index contributed by atoms with van der Waals surface area (Å²) in [5, 5.41) is 6.34. The van der Waals surface area contributed by atoms with Crippen molar-refractivity contribution in [3.63, 3.8) is 0 Å². The average molecular weight is 449 g/mol. The lowest BCUT2D eigenvalue weighted by atomic mass is 10.3. The van der Waals surface area contributed by atoms with E-state index in [2.05, 4.69) is 33.1 Å². The van der Waals surface area contributed by atoms with Crippen LogP contribution in [0.4, 0.5) is 5.69 Å². The predicted octanol–water partition coefficient (Wildman–Crippen LogP) is 2.16. The van der Waals surface area contributed by atoms with Crippen LogP contribution in [0.2, 0.25) is 0 Å². The molecule has 0 bridgehead atoms. The van der Waals surface area contributed by atoms with Crippen molar-refractivity contribution in [1.82, 2.24) is 9.46 Å². The molecule has 0 atom stereocenters. The van der Waals surface area contributed by atoms with Crippen LogP contribution in [0.5, 0.6) is 0 Å². The molecule has 1 aromatic heterocycles. The van der Waals surface area contributed by atoms with Crippen molar-refractivity contribution >= 4 is 44.2 Å². The Labute approximate surface area is 148 Å². The molecular weight excluding hydrogens is 433 g/mol. The summed E-state index contributed by atoms with van der Waals surface area (Å²) in [4.78, 5) is 12.1. The molecule has 7 nitrogen and oxygen atoms in total. The van der Waals surface area contributed by atoms with Gasteiger partial charge in [-0.25, -0.2) is 8.42 Å². The fourth-order valence-electron chi connectivity index (χ4n) is 2.04. The van der Waals surface area contributed by atoms with Crippen molar-refractivity contribution in [2.45, 2.75) is 18.7 Å². The number of hydrogen-bond acceptors (Lipinski definition) is 5. The summed E-state index contributed by atoms with van der Waals surface area (Å²) in [6.45, 7) is 2.76. The number of hydrogen-bond donors (Lipinski definition) is 1.